The minimum Gasteiger partial charge on any atom is -0.508 e. The molecule has 0 spiro atoms. The number of hydrogen-bond donors (Lipinski definition) is 4. The molecule has 0 radical (unpaired) electrons. The van der Waals surface area contributed by atoms with Crippen molar-refractivity contribution in [3.05, 3.63) is 41.5 Å². The zero-order chi connectivity index (χ0) is 21.7. The average molecular weight is 416 g/mol. The highest BCUT2D eigenvalue weighted by atomic mass is 16.6. The van der Waals surface area contributed by atoms with Gasteiger partial charge < -0.3 is 29.9 Å². The summed E-state index contributed by atoms with van der Waals surface area (Å²) in [6.45, 7) is 2.13. The minimum absolute atomic E-state index is 0.141. The minimum atomic E-state index is -0.769. The molecule has 2 aromatic rings. The largest absolute Gasteiger partial charge is 0.508 e. The molecule has 0 saturated carbocycles. The van der Waals surface area contributed by atoms with Crippen LogP contribution in [-0.2, 0) is 16.0 Å². The standard InChI is InChI=1S/C23H28O7/c1-2-3-4-5-6-7-22(28)29-21-13-16-18(26)11-15(24)12-20(16)30-23(21)14-8-9-17(25)19(27)10-14/h8-12,21,23-27H,2-7,13H2,1H3. The normalized spacial score (nSPS) is 17.8. The van der Waals surface area contributed by atoms with E-state index in [1.54, 1.807) is 6.07 Å². The highest BCUT2D eigenvalue weighted by Crippen LogP contribution is 2.43. The third kappa shape index (κ3) is 5.09. The number of carbonyl (C=O) groups excluding carboxylic acids is 1. The van der Waals surface area contributed by atoms with Gasteiger partial charge in [0.2, 0.25) is 0 Å². The smallest absolute Gasteiger partial charge is 0.306 e. The summed E-state index contributed by atoms with van der Waals surface area (Å²) in [6.07, 6.45) is 4.03. The Morgan fingerprint density at radius 1 is 1.00 bits per heavy atom. The molecule has 2 aromatic carbocycles. The van der Waals surface area contributed by atoms with Gasteiger partial charge in [-0.2, -0.15) is 0 Å². The van der Waals surface area contributed by atoms with Gasteiger partial charge in [-0.3, -0.25) is 4.79 Å². The zero-order valence-electron chi connectivity index (χ0n) is 17.0. The predicted molar refractivity (Wildman–Crippen MR) is 110 cm³/mol. The van der Waals surface area contributed by atoms with E-state index >= 15 is 0 Å². The maximum absolute atomic E-state index is 12.4. The first-order chi connectivity index (χ1) is 14.4. The second kappa shape index (κ2) is 9.61. The van der Waals surface area contributed by atoms with Crippen molar-refractivity contribution in [2.75, 3.05) is 0 Å². The van der Waals surface area contributed by atoms with Gasteiger partial charge in [0.15, 0.2) is 17.6 Å². The Kier molecular flexibility index (Phi) is 6.92. The molecule has 0 amide bonds. The first-order valence-corrected chi connectivity index (χ1v) is 10.3. The Bertz CT molecular complexity index is 893. The summed E-state index contributed by atoms with van der Waals surface area (Å²) in [5.41, 5.74) is 0.937. The van der Waals surface area contributed by atoms with Crippen LogP contribution in [0.25, 0.3) is 0 Å². The van der Waals surface area contributed by atoms with E-state index in [9.17, 15) is 25.2 Å². The number of ether oxygens (including phenoxy) is 2. The molecule has 0 aromatic heterocycles. The molecule has 0 saturated heterocycles. The number of phenols is 4. The number of unbranched alkanes of at least 4 members (excludes halogenated alkanes) is 4. The molecule has 1 heterocycles. The lowest BCUT2D eigenvalue weighted by molar-refractivity contribution is -0.155. The molecule has 4 N–H and O–H groups in total. The predicted octanol–water partition coefficient (Wildman–Crippen LogP) is 4.46. The lowest BCUT2D eigenvalue weighted by Crippen LogP contribution is -2.34. The topological polar surface area (TPSA) is 116 Å². The second-order valence-corrected chi connectivity index (χ2v) is 7.62. The summed E-state index contributed by atoms with van der Waals surface area (Å²) in [4.78, 5) is 12.4. The maximum atomic E-state index is 12.4. The summed E-state index contributed by atoms with van der Waals surface area (Å²) in [7, 11) is 0. The van der Waals surface area contributed by atoms with Crippen molar-refractivity contribution in [2.24, 2.45) is 0 Å². The van der Waals surface area contributed by atoms with Crippen LogP contribution in [0.15, 0.2) is 30.3 Å². The molecular formula is C23H28O7. The van der Waals surface area contributed by atoms with Crippen molar-refractivity contribution >= 4 is 5.97 Å². The Morgan fingerprint density at radius 2 is 1.77 bits per heavy atom. The van der Waals surface area contributed by atoms with Gasteiger partial charge in [-0.15, -0.1) is 0 Å². The van der Waals surface area contributed by atoms with Crippen molar-refractivity contribution in [2.45, 2.75) is 64.1 Å². The Labute approximate surface area is 175 Å². The van der Waals surface area contributed by atoms with Crippen LogP contribution in [0.2, 0.25) is 0 Å². The number of rotatable bonds is 8. The number of carbonyl (C=O) groups is 1. The van der Waals surface area contributed by atoms with Gasteiger partial charge in [-0.1, -0.05) is 38.7 Å². The number of benzene rings is 2. The summed E-state index contributed by atoms with van der Waals surface area (Å²) < 4.78 is 11.7. The lowest BCUT2D eigenvalue weighted by atomic mass is 9.93. The van der Waals surface area contributed by atoms with Crippen LogP contribution in [0, 0.1) is 0 Å². The molecule has 7 heteroatoms. The highest BCUT2D eigenvalue weighted by Gasteiger charge is 2.36. The number of esters is 1. The molecule has 1 aliphatic rings. The molecule has 3 rings (SSSR count). The molecule has 2 unspecified atom stereocenters. The van der Waals surface area contributed by atoms with E-state index in [0.717, 1.165) is 32.1 Å². The molecule has 162 valence electrons. The van der Waals surface area contributed by atoms with Gasteiger partial charge >= 0.3 is 5.97 Å². The third-order valence-corrected chi connectivity index (χ3v) is 5.26. The molecule has 30 heavy (non-hydrogen) atoms. The van der Waals surface area contributed by atoms with Crippen LogP contribution < -0.4 is 4.74 Å². The van der Waals surface area contributed by atoms with Gasteiger partial charge in [0.25, 0.3) is 0 Å². The Morgan fingerprint density at radius 3 is 2.50 bits per heavy atom. The molecule has 2 atom stereocenters. The fourth-order valence-electron chi connectivity index (χ4n) is 3.65. The first-order valence-electron chi connectivity index (χ1n) is 10.3. The maximum Gasteiger partial charge on any atom is 0.306 e. The molecule has 0 aliphatic carbocycles. The monoisotopic (exact) mass is 416 g/mol. The first kappa shape index (κ1) is 21.6. The molecular weight excluding hydrogens is 388 g/mol. The van der Waals surface area contributed by atoms with Crippen LogP contribution in [0.3, 0.4) is 0 Å². The summed E-state index contributed by atoms with van der Waals surface area (Å²) in [5, 5.41) is 39.5. The summed E-state index contributed by atoms with van der Waals surface area (Å²) in [5.74, 6) is -0.960. The van der Waals surface area contributed by atoms with E-state index in [1.807, 2.05) is 0 Å². The highest BCUT2D eigenvalue weighted by molar-refractivity contribution is 5.69. The van der Waals surface area contributed by atoms with Gasteiger partial charge in [-0.25, -0.2) is 0 Å². The fourth-order valence-corrected chi connectivity index (χ4v) is 3.65. The quantitative estimate of drug-likeness (QED) is 0.285. The van der Waals surface area contributed by atoms with Gasteiger partial charge in [0.1, 0.15) is 23.4 Å². The van der Waals surface area contributed by atoms with Gasteiger partial charge in [0.05, 0.1) is 0 Å². The number of phenolic OH excluding ortho intramolecular Hbond substituents is 4. The van der Waals surface area contributed by atoms with E-state index in [-0.39, 0.29) is 41.1 Å². The number of hydrogen-bond acceptors (Lipinski definition) is 7. The van der Waals surface area contributed by atoms with Crippen LogP contribution in [0.4, 0.5) is 0 Å². The van der Waals surface area contributed by atoms with Crippen LogP contribution >= 0.6 is 0 Å². The molecule has 0 bridgehead atoms. The molecule has 7 nitrogen and oxygen atoms in total. The number of fused-ring (bicyclic) bond motifs is 1. The van der Waals surface area contributed by atoms with E-state index in [1.165, 1.54) is 24.3 Å². The van der Waals surface area contributed by atoms with Crippen molar-refractivity contribution in [3.8, 4) is 28.7 Å². The van der Waals surface area contributed by atoms with Crippen LogP contribution in [0.5, 0.6) is 28.7 Å². The second-order valence-electron chi connectivity index (χ2n) is 7.62. The van der Waals surface area contributed by atoms with E-state index in [0.29, 0.717) is 17.5 Å². The third-order valence-electron chi connectivity index (χ3n) is 5.26. The zero-order valence-corrected chi connectivity index (χ0v) is 17.0. The average Bonchev–Trinajstić information content (AvgIpc) is 2.70. The Hall–Kier alpha value is -3.09. The van der Waals surface area contributed by atoms with E-state index in [2.05, 4.69) is 6.92 Å². The van der Waals surface area contributed by atoms with Crippen molar-refractivity contribution in [1.82, 2.24) is 0 Å². The summed E-state index contributed by atoms with van der Waals surface area (Å²) in [6, 6.07) is 6.84. The SMILES string of the molecule is CCCCCCCC(=O)OC1Cc2c(O)cc(O)cc2OC1c1ccc(O)c(O)c1. The van der Waals surface area contributed by atoms with Crippen LogP contribution in [-0.4, -0.2) is 32.5 Å². The molecule has 1 aliphatic heterocycles. The Balaban J connectivity index is 1.79. The van der Waals surface area contributed by atoms with E-state index < -0.39 is 12.2 Å². The fraction of sp³-hybridized carbons (Fsp3) is 0.435. The lowest BCUT2D eigenvalue weighted by Gasteiger charge is -2.34. The van der Waals surface area contributed by atoms with Crippen molar-refractivity contribution in [1.29, 1.82) is 0 Å². The van der Waals surface area contributed by atoms with Crippen molar-refractivity contribution < 1.29 is 34.7 Å². The van der Waals surface area contributed by atoms with Crippen molar-refractivity contribution in [3.63, 3.8) is 0 Å². The van der Waals surface area contributed by atoms with E-state index in [4.69, 9.17) is 9.47 Å². The van der Waals surface area contributed by atoms with Gasteiger partial charge in [-0.05, 0) is 18.6 Å². The molecule has 0 fully saturated rings. The van der Waals surface area contributed by atoms with Crippen LogP contribution in [0.1, 0.15) is 62.7 Å². The number of aromatic hydroxyl groups is 4. The van der Waals surface area contributed by atoms with Gasteiger partial charge in [0, 0.05) is 36.1 Å². The summed E-state index contributed by atoms with van der Waals surface area (Å²) >= 11 is 0.